The molecule has 0 radical (unpaired) electrons. The quantitative estimate of drug-likeness (QED) is 0.722. The standard InChI is InChI=1S/C8H16OS2/c1-10-6-4-3-5-7(11-2)8(6)9/h6-9H,3-5H2,1-2H3. The van der Waals surface area contributed by atoms with Crippen molar-refractivity contribution in [1.82, 2.24) is 0 Å². The highest BCUT2D eigenvalue weighted by Gasteiger charge is 2.30. The van der Waals surface area contributed by atoms with Crippen LogP contribution in [0.1, 0.15) is 19.3 Å². The van der Waals surface area contributed by atoms with Crippen LogP contribution in [0.25, 0.3) is 0 Å². The smallest absolute Gasteiger partial charge is 0.0776 e. The van der Waals surface area contributed by atoms with Crippen molar-refractivity contribution >= 4 is 23.5 Å². The van der Waals surface area contributed by atoms with E-state index in [0.717, 1.165) is 0 Å². The van der Waals surface area contributed by atoms with Crippen LogP contribution in [0, 0.1) is 0 Å². The Morgan fingerprint density at radius 1 is 1.09 bits per heavy atom. The Labute approximate surface area is 77.3 Å². The molecular weight excluding hydrogens is 176 g/mol. The van der Waals surface area contributed by atoms with Crippen molar-refractivity contribution in [3.8, 4) is 0 Å². The van der Waals surface area contributed by atoms with E-state index in [9.17, 15) is 5.11 Å². The highest BCUT2D eigenvalue weighted by atomic mass is 32.2. The molecule has 1 fully saturated rings. The second-order valence-electron chi connectivity index (χ2n) is 2.97. The Morgan fingerprint density at radius 2 is 1.55 bits per heavy atom. The molecule has 1 rings (SSSR count). The molecule has 0 heterocycles. The van der Waals surface area contributed by atoms with Crippen LogP contribution in [0.4, 0.5) is 0 Å². The van der Waals surface area contributed by atoms with Crippen molar-refractivity contribution in [1.29, 1.82) is 0 Å². The maximum absolute atomic E-state index is 9.79. The summed E-state index contributed by atoms with van der Waals surface area (Å²) in [4.78, 5) is 0. The van der Waals surface area contributed by atoms with Crippen molar-refractivity contribution in [2.24, 2.45) is 0 Å². The summed E-state index contributed by atoms with van der Waals surface area (Å²) >= 11 is 3.62. The third kappa shape index (κ3) is 2.30. The molecule has 1 nitrogen and oxygen atoms in total. The number of hydrogen-bond donors (Lipinski definition) is 1. The molecule has 0 aromatic rings. The van der Waals surface area contributed by atoms with Crippen LogP contribution in [0.2, 0.25) is 0 Å². The predicted octanol–water partition coefficient (Wildman–Crippen LogP) is 1.99. The Bertz CT molecular complexity index is 107. The molecule has 0 bridgehead atoms. The molecule has 66 valence electrons. The zero-order valence-corrected chi connectivity index (χ0v) is 8.75. The van der Waals surface area contributed by atoms with E-state index >= 15 is 0 Å². The zero-order chi connectivity index (χ0) is 8.27. The van der Waals surface area contributed by atoms with Crippen molar-refractivity contribution in [3.63, 3.8) is 0 Å². The van der Waals surface area contributed by atoms with Crippen molar-refractivity contribution < 1.29 is 5.11 Å². The summed E-state index contributed by atoms with van der Waals surface area (Å²) in [5, 5.41) is 10.8. The zero-order valence-electron chi connectivity index (χ0n) is 7.12. The molecule has 11 heavy (non-hydrogen) atoms. The first-order valence-electron chi connectivity index (χ1n) is 4.03. The summed E-state index contributed by atoms with van der Waals surface area (Å²) < 4.78 is 0. The summed E-state index contributed by atoms with van der Waals surface area (Å²) in [7, 11) is 0. The highest BCUT2D eigenvalue weighted by Crippen LogP contribution is 2.32. The van der Waals surface area contributed by atoms with E-state index in [1.165, 1.54) is 19.3 Å². The van der Waals surface area contributed by atoms with E-state index in [4.69, 9.17) is 0 Å². The van der Waals surface area contributed by atoms with Crippen molar-refractivity contribution in [3.05, 3.63) is 0 Å². The summed E-state index contributed by atoms with van der Waals surface area (Å²) in [6.07, 6.45) is 7.79. The molecule has 1 saturated carbocycles. The van der Waals surface area contributed by atoms with Crippen LogP contribution in [-0.2, 0) is 0 Å². The second-order valence-corrected chi connectivity index (χ2v) is 5.12. The number of thioether (sulfide) groups is 2. The van der Waals surface area contributed by atoms with Gasteiger partial charge in [-0.3, -0.25) is 0 Å². The molecule has 0 aromatic carbocycles. The predicted molar refractivity (Wildman–Crippen MR) is 54.5 cm³/mol. The Balaban J connectivity index is 2.45. The normalized spacial score (nSPS) is 39.0. The minimum Gasteiger partial charge on any atom is -0.391 e. The van der Waals surface area contributed by atoms with Crippen LogP contribution in [-0.4, -0.2) is 34.2 Å². The van der Waals surface area contributed by atoms with Gasteiger partial charge in [-0.05, 0) is 25.4 Å². The second kappa shape index (κ2) is 4.63. The van der Waals surface area contributed by atoms with Crippen LogP contribution in [0.15, 0.2) is 0 Å². The molecule has 2 unspecified atom stereocenters. The average molecular weight is 192 g/mol. The minimum absolute atomic E-state index is 0.0752. The van der Waals surface area contributed by atoms with E-state index < -0.39 is 0 Å². The van der Waals surface area contributed by atoms with E-state index in [1.54, 1.807) is 0 Å². The third-order valence-electron chi connectivity index (χ3n) is 2.34. The summed E-state index contributed by atoms with van der Waals surface area (Å²) in [6, 6.07) is 0. The summed E-state index contributed by atoms with van der Waals surface area (Å²) in [5.41, 5.74) is 0. The van der Waals surface area contributed by atoms with Gasteiger partial charge in [0.25, 0.3) is 0 Å². The van der Waals surface area contributed by atoms with Gasteiger partial charge in [0.1, 0.15) is 0 Å². The molecule has 3 heteroatoms. The third-order valence-corrected chi connectivity index (χ3v) is 4.58. The Hall–Kier alpha value is 0.660. The molecule has 1 N–H and O–H groups in total. The SMILES string of the molecule is CSC1CCCC(SC)C1O. The van der Waals surface area contributed by atoms with E-state index in [-0.39, 0.29) is 6.10 Å². The molecule has 0 amide bonds. The average Bonchev–Trinajstić information content (AvgIpc) is 2.05. The van der Waals surface area contributed by atoms with Gasteiger partial charge in [0.15, 0.2) is 0 Å². The monoisotopic (exact) mass is 192 g/mol. The van der Waals surface area contributed by atoms with Gasteiger partial charge in [-0.1, -0.05) is 6.42 Å². The van der Waals surface area contributed by atoms with E-state index in [0.29, 0.717) is 10.5 Å². The van der Waals surface area contributed by atoms with Crippen LogP contribution < -0.4 is 0 Å². The number of rotatable bonds is 2. The lowest BCUT2D eigenvalue weighted by Gasteiger charge is -2.32. The van der Waals surface area contributed by atoms with Gasteiger partial charge in [-0.25, -0.2) is 0 Å². The Kier molecular flexibility index (Phi) is 4.10. The number of aliphatic hydroxyl groups excluding tert-OH is 1. The first-order chi connectivity index (χ1) is 5.29. The molecule has 0 aliphatic heterocycles. The molecule has 0 spiro atoms. The van der Waals surface area contributed by atoms with Gasteiger partial charge in [0, 0.05) is 10.5 Å². The topological polar surface area (TPSA) is 20.2 Å². The minimum atomic E-state index is -0.0752. The molecular formula is C8H16OS2. The number of hydrogen-bond acceptors (Lipinski definition) is 3. The lowest BCUT2D eigenvalue weighted by Crippen LogP contribution is -2.37. The van der Waals surface area contributed by atoms with E-state index in [2.05, 4.69) is 12.5 Å². The van der Waals surface area contributed by atoms with Gasteiger partial charge < -0.3 is 5.11 Å². The van der Waals surface area contributed by atoms with Crippen molar-refractivity contribution in [2.75, 3.05) is 12.5 Å². The maximum Gasteiger partial charge on any atom is 0.0776 e. The van der Waals surface area contributed by atoms with Gasteiger partial charge in [-0.15, -0.1) is 0 Å². The van der Waals surface area contributed by atoms with Crippen molar-refractivity contribution in [2.45, 2.75) is 35.9 Å². The van der Waals surface area contributed by atoms with Crippen LogP contribution in [0.3, 0.4) is 0 Å². The van der Waals surface area contributed by atoms with Gasteiger partial charge in [0.2, 0.25) is 0 Å². The Morgan fingerprint density at radius 3 is 1.91 bits per heavy atom. The maximum atomic E-state index is 9.79. The number of aliphatic hydroxyl groups is 1. The molecule has 1 aliphatic carbocycles. The van der Waals surface area contributed by atoms with Gasteiger partial charge >= 0.3 is 0 Å². The highest BCUT2D eigenvalue weighted by molar-refractivity contribution is 8.00. The largest absolute Gasteiger partial charge is 0.391 e. The molecule has 0 aromatic heterocycles. The fraction of sp³-hybridized carbons (Fsp3) is 1.00. The fourth-order valence-electron chi connectivity index (χ4n) is 1.62. The van der Waals surface area contributed by atoms with E-state index in [1.807, 2.05) is 23.5 Å². The molecule has 0 saturated heterocycles. The lowest BCUT2D eigenvalue weighted by molar-refractivity contribution is 0.144. The van der Waals surface area contributed by atoms with Gasteiger partial charge in [0.05, 0.1) is 6.10 Å². The fourth-order valence-corrected chi connectivity index (χ4v) is 3.46. The van der Waals surface area contributed by atoms with Crippen LogP contribution in [0.5, 0.6) is 0 Å². The lowest BCUT2D eigenvalue weighted by atomic mass is 9.97. The summed E-state index contributed by atoms with van der Waals surface area (Å²) in [5.74, 6) is 0. The molecule has 2 atom stereocenters. The molecule has 1 aliphatic rings. The first kappa shape index (κ1) is 9.75. The van der Waals surface area contributed by atoms with Gasteiger partial charge in [-0.2, -0.15) is 23.5 Å². The van der Waals surface area contributed by atoms with Crippen LogP contribution >= 0.6 is 23.5 Å². The summed E-state index contributed by atoms with van der Waals surface area (Å²) in [6.45, 7) is 0. The first-order valence-corrected chi connectivity index (χ1v) is 6.61.